The minimum absolute atomic E-state index is 0.0276. The van der Waals surface area contributed by atoms with Crippen molar-refractivity contribution in [1.29, 1.82) is 0 Å². The zero-order chi connectivity index (χ0) is 11.0. The van der Waals surface area contributed by atoms with E-state index < -0.39 is 0 Å². The molecule has 0 aromatic carbocycles. The molecule has 2 atom stereocenters. The van der Waals surface area contributed by atoms with E-state index in [0.717, 1.165) is 11.3 Å². The zero-order valence-electron chi connectivity index (χ0n) is 9.13. The largest absolute Gasteiger partial charge is 0.392 e. The molecule has 0 spiro atoms. The normalized spacial score (nSPS) is 25.1. The topological polar surface area (TPSA) is 33.1 Å². The molecule has 0 aliphatic heterocycles. The Balaban J connectivity index is 2.53. The molecular weight excluding hydrogens is 210 g/mol. The van der Waals surface area contributed by atoms with Crippen LogP contribution in [0.15, 0.2) is 6.07 Å². The van der Waals surface area contributed by atoms with Crippen LogP contribution in [0.25, 0.3) is 0 Å². The van der Waals surface area contributed by atoms with Crippen LogP contribution in [-0.4, -0.2) is 10.1 Å². The van der Waals surface area contributed by atoms with E-state index in [9.17, 15) is 0 Å². The van der Waals surface area contributed by atoms with Crippen LogP contribution in [-0.2, 0) is 6.61 Å². The first-order valence-corrected chi connectivity index (χ1v) is 5.81. The van der Waals surface area contributed by atoms with Gasteiger partial charge in [-0.25, -0.2) is 4.98 Å². The minimum Gasteiger partial charge on any atom is -0.392 e. The van der Waals surface area contributed by atoms with Gasteiger partial charge in [-0.3, -0.25) is 0 Å². The molecule has 2 unspecified atom stereocenters. The lowest BCUT2D eigenvalue weighted by Gasteiger charge is -2.27. The van der Waals surface area contributed by atoms with E-state index >= 15 is 0 Å². The Kier molecular flexibility index (Phi) is 2.98. The molecule has 15 heavy (non-hydrogen) atoms. The van der Waals surface area contributed by atoms with Crippen LogP contribution in [0.3, 0.4) is 0 Å². The quantitative estimate of drug-likeness (QED) is 0.745. The molecule has 0 fully saturated rings. The van der Waals surface area contributed by atoms with Crippen LogP contribution in [0, 0.1) is 0 Å². The molecular formula is C12H16ClNO. The van der Waals surface area contributed by atoms with E-state index in [0.29, 0.717) is 17.0 Å². The van der Waals surface area contributed by atoms with Gasteiger partial charge in [0.05, 0.1) is 6.61 Å². The molecule has 82 valence electrons. The highest BCUT2D eigenvalue weighted by molar-refractivity contribution is 6.30. The summed E-state index contributed by atoms with van der Waals surface area (Å²) in [6, 6.07) is 2.02. The minimum atomic E-state index is -0.0276. The van der Waals surface area contributed by atoms with Crippen LogP contribution in [0.1, 0.15) is 55.3 Å². The molecule has 1 aromatic rings. The second kappa shape index (κ2) is 4.11. The molecule has 0 bridgehead atoms. The smallest absolute Gasteiger partial charge is 0.134 e. The van der Waals surface area contributed by atoms with Crippen molar-refractivity contribution in [3.05, 3.63) is 28.0 Å². The van der Waals surface area contributed by atoms with Crippen LogP contribution in [0.5, 0.6) is 0 Å². The first-order valence-electron chi connectivity index (χ1n) is 5.43. The maximum Gasteiger partial charge on any atom is 0.134 e. The Morgan fingerprint density at radius 2 is 2.07 bits per heavy atom. The van der Waals surface area contributed by atoms with Crippen molar-refractivity contribution in [2.75, 3.05) is 0 Å². The number of pyridine rings is 1. The van der Waals surface area contributed by atoms with Gasteiger partial charge in [0.1, 0.15) is 5.15 Å². The lowest BCUT2D eigenvalue weighted by molar-refractivity contribution is 0.281. The van der Waals surface area contributed by atoms with Gasteiger partial charge in [0.25, 0.3) is 0 Å². The predicted octanol–water partition coefficient (Wildman–Crippen LogP) is 3.23. The Morgan fingerprint density at radius 3 is 2.73 bits per heavy atom. The second-order valence-corrected chi connectivity index (χ2v) is 4.81. The van der Waals surface area contributed by atoms with Gasteiger partial charge in [0.15, 0.2) is 0 Å². The maximum atomic E-state index is 9.15. The molecule has 1 aromatic heterocycles. The summed E-state index contributed by atoms with van der Waals surface area (Å²) in [7, 11) is 0. The summed E-state index contributed by atoms with van der Waals surface area (Å²) in [6.45, 7) is 4.37. The van der Waals surface area contributed by atoms with E-state index in [-0.39, 0.29) is 6.61 Å². The van der Waals surface area contributed by atoms with Crippen molar-refractivity contribution in [2.24, 2.45) is 0 Å². The Bertz CT molecular complexity index is 378. The summed E-state index contributed by atoms with van der Waals surface area (Å²) >= 11 is 6.00. The van der Waals surface area contributed by atoms with Crippen LogP contribution < -0.4 is 0 Å². The number of rotatable bonds is 1. The summed E-state index contributed by atoms with van der Waals surface area (Å²) in [5.41, 5.74) is 3.13. The fourth-order valence-corrected chi connectivity index (χ4v) is 2.46. The van der Waals surface area contributed by atoms with Gasteiger partial charge in [-0.2, -0.15) is 0 Å². The van der Waals surface area contributed by atoms with Crippen molar-refractivity contribution < 1.29 is 5.11 Å². The van der Waals surface area contributed by atoms with Gasteiger partial charge in [0, 0.05) is 11.3 Å². The molecule has 2 rings (SSSR count). The predicted molar refractivity (Wildman–Crippen MR) is 61.2 cm³/mol. The number of fused-ring (bicyclic) bond motifs is 1. The summed E-state index contributed by atoms with van der Waals surface area (Å²) in [4.78, 5) is 4.42. The highest BCUT2D eigenvalue weighted by Gasteiger charge is 2.24. The fraction of sp³-hybridized carbons (Fsp3) is 0.583. The first-order chi connectivity index (χ1) is 7.13. The number of aliphatic hydroxyl groups is 1. The van der Waals surface area contributed by atoms with Crippen molar-refractivity contribution in [3.63, 3.8) is 0 Å². The number of hydrogen-bond acceptors (Lipinski definition) is 2. The van der Waals surface area contributed by atoms with Crippen molar-refractivity contribution in [1.82, 2.24) is 4.98 Å². The molecule has 0 radical (unpaired) electrons. The lowest BCUT2D eigenvalue weighted by atomic mass is 9.81. The van der Waals surface area contributed by atoms with Crippen molar-refractivity contribution >= 4 is 11.6 Å². The van der Waals surface area contributed by atoms with Crippen LogP contribution >= 0.6 is 11.6 Å². The standard InChI is InChI=1S/C12H16ClNO/c1-7-3-4-8(2)11-10(7)5-9(6-15)12(13)14-11/h5,7-8,15H,3-4,6H2,1-2H3. The van der Waals surface area contributed by atoms with Gasteiger partial charge in [-0.15, -0.1) is 0 Å². The van der Waals surface area contributed by atoms with E-state index in [2.05, 4.69) is 18.8 Å². The van der Waals surface area contributed by atoms with E-state index in [1.165, 1.54) is 18.4 Å². The molecule has 0 saturated carbocycles. The lowest BCUT2D eigenvalue weighted by Crippen LogP contribution is -2.13. The molecule has 0 saturated heterocycles. The number of halogens is 1. The SMILES string of the molecule is CC1CCC(C)c2nc(Cl)c(CO)cc21. The monoisotopic (exact) mass is 225 g/mol. The molecule has 1 aliphatic carbocycles. The average Bonchev–Trinajstić information content (AvgIpc) is 2.23. The third-order valence-corrected chi connectivity index (χ3v) is 3.64. The number of nitrogens with zero attached hydrogens (tertiary/aromatic N) is 1. The number of aliphatic hydroxyl groups excluding tert-OH is 1. The van der Waals surface area contributed by atoms with Crippen LogP contribution in [0.4, 0.5) is 0 Å². The van der Waals surface area contributed by atoms with E-state index in [4.69, 9.17) is 16.7 Å². The molecule has 3 heteroatoms. The van der Waals surface area contributed by atoms with Gasteiger partial charge >= 0.3 is 0 Å². The molecule has 1 aliphatic rings. The number of hydrogen-bond donors (Lipinski definition) is 1. The van der Waals surface area contributed by atoms with E-state index in [1.807, 2.05) is 6.07 Å². The van der Waals surface area contributed by atoms with Gasteiger partial charge < -0.3 is 5.11 Å². The van der Waals surface area contributed by atoms with Crippen molar-refractivity contribution in [2.45, 2.75) is 45.1 Å². The summed E-state index contributed by atoms with van der Waals surface area (Å²) < 4.78 is 0. The summed E-state index contributed by atoms with van der Waals surface area (Å²) in [5, 5.41) is 9.60. The Hall–Kier alpha value is -0.600. The second-order valence-electron chi connectivity index (χ2n) is 4.45. The summed E-state index contributed by atoms with van der Waals surface area (Å²) in [6.07, 6.45) is 2.37. The van der Waals surface area contributed by atoms with Crippen LogP contribution in [0.2, 0.25) is 5.15 Å². The highest BCUT2D eigenvalue weighted by atomic mass is 35.5. The maximum absolute atomic E-state index is 9.15. The number of aromatic nitrogens is 1. The summed E-state index contributed by atoms with van der Waals surface area (Å²) in [5.74, 6) is 1.02. The van der Waals surface area contributed by atoms with Crippen molar-refractivity contribution in [3.8, 4) is 0 Å². The highest BCUT2D eigenvalue weighted by Crippen LogP contribution is 2.38. The fourth-order valence-electron chi connectivity index (χ4n) is 2.26. The molecule has 1 heterocycles. The van der Waals surface area contributed by atoms with E-state index in [1.54, 1.807) is 0 Å². The molecule has 2 nitrogen and oxygen atoms in total. The average molecular weight is 226 g/mol. The third kappa shape index (κ3) is 1.88. The van der Waals surface area contributed by atoms with Gasteiger partial charge in [0.2, 0.25) is 0 Å². The Labute approximate surface area is 95.3 Å². The van der Waals surface area contributed by atoms with Gasteiger partial charge in [-0.05, 0) is 36.3 Å². The Morgan fingerprint density at radius 1 is 1.40 bits per heavy atom. The zero-order valence-corrected chi connectivity index (χ0v) is 9.88. The molecule has 1 N–H and O–H groups in total. The first kappa shape index (κ1) is 10.9. The third-order valence-electron chi connectivity index (χ3n) is 3.31. The molecule has 0 amide bonds. The van der Waals surface area contributed by atoms with Gasteiger partial charge in [-0.1, -0.05) is 25.4 Å².